The summed E-state index contributed by atoms with van der Waals surface area (Å²) in [6.45, 7) is 20.2. The smallest absolute Gasteiger partial charge is 0.119 e. The third-order valence-corrected chi connectivity index (χ3v) is 9.97. The molecule has 6 heteroatoms. The lowest BCUT2D eigenvalue weighted by atomic mass is 9.72. The molecule has 3 rings (SSSR count). The van der Waals surface area contributed by atoms with E-state index in [1.807, 2.05) is 0 Å². The van der Waals surface area contributed by atoms with Crippen LogP contribution in [-0.2, 0) is 23.2 Å². The van der Waals surface area contributed by atoms with Gasteiger partial charge in [0.1, 0.15) is 32.0 Å². The van der Waals surface area contributed by atoms with Crippen molar-refractivity contribution in [3.05, 3.63) is 102 Å². The van der Waals surface area contributed by atoms with Gasteiger partial charge in [-0.1, -0.05) is 166 Å². The molecule has 0 radical (unpaired) electrons. The van der Waals surface area contributed by atoms with E-state index in [0.717, 1.165) is 47.4 Å². The minimum absolute atomic E-state index is 0. The fraction of sp³-hybridized carbons (Fsp3) is 0.625. The summed E-state index contributed by atoms with van der Waals surface area (Å²) in [5.41, 5.74) is 4.65. The highest BCUT2D eigenvalue weighted by Gasteiger charge is 2.27. The number of halogens is 2. The van der Waals surface area contributed by atoms with Gasteiger partial charge in [0.2, 0.25) is 0 Å². The van der Waals surface area contributed by atoms with Gasteiger partial charge in [0.15, 0.2) is 0 Å². The largest absolute Gasteiger partial charge is 1.00 e. The Morgan fingerprint density at radius 1 is 0.500 bits per heavy atom. The number of hydrogen-bond donors (Lipinski definition) is 0. The Bertz CT molecular complexity index is 1310. The Morgan fingerprint density at radius 3 is 1.41 bits per heavy atom. The van der Waals surface area contributed by atoms with E-state index in [-0.39, 0.29) is 30.2 Å². The zero-order valence-electron chi connectivity index (χ0n) is 36.3. The average Bonchev–Trinajstić information content (AvgIpc) is 3.07. The van der Waals surface area contributed by atoms with Crippen LogP contribution in [0.5, 0.6) is 5.75 Å². The van der Waals surface area contributed by atoms with Gasteiger partial charge in [0.05, 0.1) is 47.9 Å². The number of benzene rings is 3. The van der Waals surface area contributed by atoms with Gasteiger partial charge in [0, 0.05) is 11.1 Å². The molecule has 0 spiro atoms. The van der Waals surface area contributed by atoms with Crippen LogP contribution >= 0.6 is 0 Å². The maximum Gasteiger partial charge on any atom is 0.119 e. The number of nitrogens with zero attached hydrogens (tertiary/aromatic N) is 2. The van der Waals surface area contributed by atoms with Crippen molar-refractivity contribution < 1.29 is 43.3 Å². The molecule has 308 valence electrons. The lowest BCUT2D eigenvalue weighted by Crippen LogP contribution is -3.00. The molecule has 0 heterocycles. The van der Waals surface area contributed by atoms with Crippen molar-refractivity contribution in [3.63, 3.8) is 0 Å². The van der Waals surface area contributed by atoms with E-state index < -0.39 is 0 Å². The molecule has 0 aliphatic carbocycles. The van der Waals surface area contributed by atoms with Gasteiger partial charge >= 0.3 is 0 Å². The molecular formula is C48H80Cl2N2O2. The second-order valence-electron chi connectivity index (χ2n) is 18.4. The zero-order valence-corrected chi connectivity index (χ0v) is 37.8. The van der Waals surface area contributed by atoms with Crippen LogP contribution in [0.3, 0.4) is 0 Å². The van der Waals surface area contributed by atoms with Crippen molar-refractivity contribution in [2.45, 2.75) is 131 Å². The van der Waals surface area contributed by atoms with Crippen LogP contribution in [0.4, 0.5) is 0 Å². The van der Waals surface area contributed by atoms with E-state index in [2.05, 4.69) is 155 Å². The van der Waals surface area contributed by atoms with Crippen LogP contribution in [0.1, 0.15) is 129 Å². The second kappa shape index (κ2) is 27.5. The molecule has 0 unspecified atom stereocenters. The summed E-state index contributed by atoms with van der Waals surface area (Å²) >= 11 is 0. The molecule has 0 saturated carbocycles. The highest BCUT2D eigenvalue weighted by molar-refractivity contribution is 5.31. The van der Waals surface area contributed by atoms with Gasteiger partial charge < -0.3 is 43.3 Å². The molecule has 0 fully saturated rings. The fourth-order valence-corrected chi connectivity index (χ4v) is 7.40. The zero-order chi connectivity index (χ0) is 38.4. The molecule has 0 aliphatic heterocycles. The van der Waals surface area contributed by atoms with Gasteiger partial charge in [-0.15, -0.1) is 0 Å². The fourth-order valence-electron chi connectivity index (χ4n) is 7.40. The third kappa shape index (κ3) is 25.2. The molecule has 3 aromatic carbocycles. The minimum Gasteiger partial charge on any atom is -1.00 e. The summed E-state index contributed by atoms with van der Waals surface area (Å²) in [5, 5.41) is 0. The van der Waals surface area contributed by atoms with Gasteiger partial charge in [0.25, 0.3) is 0 Å². The van der Waals surface area contributed by atoms with E-state index in [0.29, 0.717) is 18.6 Å². The molecule has 0 saturated heterocycles. The normalized spacial score (nSPS) is 11.9. The van der Waals surface area contributed by atoms with Crippen molar-refractivity contribution in [2.75, 3.05) is 61.1 Å². The van der Waals surface area contributed by atoms with Crippen molar-refractivity contribution in [1.82, 2.24) is 0 Å². The van der Waals surface area contributed by atoms with E-state index >= 15 is 0 Å². The Morgan fingerprint density at radius 2 is 0.944 bits per heavy atom. The summed E-state index contributed by atoms with van der Waals surface area (Å²) in [5.74, 6) is 0.911. The first-order chi connectivity index (χ1) is 24.6. The van der Waals surface area contributed by atoms with Gasteiger partial charge in [-0.25, -0.2) is 0 Å². The average molecular weight is 788 g/mol. The standard InChI is InChI=1S/C27H42NO2.C21H38N.2ClH/c1-26(2,3)22-27(4,5)24-13-15-25(16-14-24)30-20-19-29-18-17-28(6,7)21-23-11-9-8-10-12-23;1-4-5-6-7-8-9-10-11-12-16-19-22(2,3)20-21-17-14-13-15-18-21;;/h8-16H,17-22H2,1-7H3;13-15,17-18H,4-12,16,19-20H2,1-3H3;2*1H/q2*+1;;/p-2. The van der Waals surface area contributed by atoms with Crippen molar-refractivity contribution in [1.29, 1.82) is 0 Å². The maximum atomic E-state index is 5.87. The van der Waals surface area contributed by atoms with Crippen molar-refractivity contribution in [2.24, 2.45) is 5.41 Å². The summed E-state index contributed by atoms with van der Waals surface area (Å²) < 4.78 is 13.7. The lowest BCUT2D eigenvalue weighted by molar-refractivity contribution is -0.904. The topological polar surface area (TPSA) is 18.5 Å². The summed E-state index contributed by atoms with van der Waals surface area (Å²) in [6, 6.07) is 30.1. The van der Waals surface area contributed by atoms with Crippen LogP contribution in [-0.4, -0.2) is 70.1 Å². The Labute approximate surface area is 346 Å². The van der Waals surface area contributed by atoms with Crippen molar-refractivity contribution >= 4 is 0 Å². The van der Waals surface area contributed by atoms with Crippen LogP contribution in [0, 0.1) is 5.41 Å². The Kier molecular flexibility index (Phi) is 26.4. The van der Waals surface area contributed by atoms with Gasteiger partial charge in [-0.05, 0) is 47.8 Å². The molecule has 0 amide bonds. The first-order valence-electron chi connectivity index (χ1n) is 20.6. The van der Waals surface area contributed by atoms with Crippen LogP contribution in [0.15, 0.2) is 84.9 Å². The van der Waals surface area contributed by atoms with Crippen LogP contribution < -0.4 is 29.6 Å². The second-order valence-corrected chi connectivity index (χ2v) is 18.4. The molecule has 0 bridgehead atoms. The number of quaternary nitrogens is 2. The van der Waals surface area contributed by atoms with Crippen molar-refractivity contribution in [3.8, 4) is 5.75 Å². The molecule has 0 atom stereocenters. The third-order valence-electron chi connectivity index (χ3n) is 9.97. The van der Waals surface area contributed by atoms with E-state index in [1.165, 1.54) is 87.4 Å². The molecule has 3 aromatic rings. The molecule has 0 aliphatic rings. The molecular weight excluding hydrogens is 707 g/mol. The van der Waals surface area contributed by atoms with E-state index in [4.69, 9.17) is 9.47 Å². The molecule has 0 aromatic heterocycles. The highest BCUT2D eigenvalue weighted by Crippen LogP contribution is 2.36. The predicted octanol–water partition coefficient (Wildman–Crippen LogP) is 6.26. The van der Waals surface area contributed by atoms with Gasteiger partial charge in [-0.3, -0.25) is 0 Å². The van der Waals surface area contributed by atoms with E-state index in [1.54, 1.807) is 0 Å². The summed E-state index contributed by atoms with van der Waals surface area (Å²) in [7, 11) is 9.21. The van der Waals surface area contributed by atoms with Crippen LogP contribution in [0.2, 0.25) is 0 Å². The Hall–Kier alpha value is -2.08. The quantitative estimate of drug-likeness (QED) is 0.0789. The van der Waals surface area contributed by atoms with Crippen LogP contribution in [0.25, 0.3) is 0 Å². The highest BCUT2D eigenvalue weighted by atomic mass is 35.5. The monoisotopic (exact) mass is 787 g/mol. The number of likely N-dealkylation sites (N-methyl/N-ethyl adjacent to an activating group) is 1. The Balaban J connectivity index is 0.00000105. The lowest BCUT2D eigenvalue weighted by Gasteiger charge is -2.33. The molecule has 54 heavy (non-hydrogen) atoms. The number of rotatable bonds is 24. The molecule has 4 nitrogen and oxygen atoms in total. The maximum absolute atomic E-state index is 5.87. The number of unbranched alkanes of at least 4 members (excludes halogenated alkanes) is 9. The minimum atomic E-state index is 0. The summed E-state index contributed by atoms with van der Waals surface area (Å²) in [6.07, 6.45) is 15.4. The van der Waals surface area contributed by atoms with E-state index in [9.17, 15) is 0 Å². The SMILES string of the molecule is CC(C)(C)CC(C)(C)c1ccc(OCCOCC[N+](C)(C)Cc2ccccc2)cc1.CCCCCCCCCCCC[N+](C)(C)Cc1ccccc1.[Cl-].[Cl-]. The first kappa shape index (κ1) is 51.9. The number of hydrogen-bond acceptors (Lipinski definition) is 2. The first-order valence-corrected chi connectivity index (χ1v) is 20.6. The molecule has 0 N–H and O–H groups in total. The summed E-state index contributed by atoms with van der Waals surface area (Å²) in [4.78, 5) is 0. The number of ether oxygens (including phenoxy) is 2. The predicted molar refractivity (Wildman–Crippen MR) is 226 cm³/mol. The van der Waals surface area contributed by atoms with Gasteiger partial charge in [-0.2, -0.15) is 0 Å².